The number of amides is 1. The fraction of sp³-hybridized carbons (Fsp3) is 0.286. The van der Waals surface area contributed by atoms with E-state index in [1.807, 2.05) is 39.0 Å². The number of nitrogens with zero attached hydrogens (tertiary/aromatic N) is 1. The van der Waals surface area contributed by atoms with E-state index in [1.54, 1.807) is 18.2 Å². The number of hydrogen-bond donors (Lipinski definition) is 1. The Hall–Kier alpha value is -2.73. The van der Waals surface area contributed by atoms with Crippen molar-refractivity contribution in [2.75, 3.05) is 11.9 Å². The van der Waals surface area contributed by atoms with Gasteiger partial charge < -0.3 is 4.74 Å². The molecule has 0 radical (unpaired) electrons. The lowest BCUT2D eigenvalue weighted by Gasteiger charge is -2.04. The van der Waals surface area contributed by atoms with Crippen LogP contribution in [0.3, 0.4) is 0 Å². The zero-order chi connectivity index (χ0) is 19.4. The number of anilines is 1. The summed E-state index contributed by atoms with van der Waals surface area (Å²) in [5, 5.41) is 3.35. The van der Waals surface area contributed by atoms with Crippen LogP contribution >= 0.6 is 11.3 Å². The van der Waals surface area contributed by atoms with Gasteiger partial charge in [-0.15, -0.1) is 0 Å². The van der Waals surface area contributed by atoms with Crippen molar-refractivity contribution in [3.8, 4) is 0 Å². The van der Waals surface area contributed by atoms with Gasteiger partial charge in [-0.05, 0) is 50.6 Å². The Labute approximate surface area is 162 Å². The second-order valence-electron chi connectivity index (χ2n) is 6.52. The van der Waals surface area contributed by atoms with Crippen LogP contribution in [0, 0.1) is 13.8 Å². The first kappa shape index (κ1) is 19.0. The minimum Gasteiger partial charge on any atom is -0.462 e. The van der Waals surface area contributed by atoms with Gasteiger partial charge in [0.05, 0.1) is 22.4 Å². The summed E-state index contributed by atoms with van der Waals surface area (Å²) in [5.74, 6) is -0.528. The Morgan fingerprint density at radius 2 is 1.81 bits per heavy atom. The van der Waals surface area contributed by atoms with Gasteiger partial charge in [-0.2, -0.15) is 0 Å². The summed E-state index contributed by atoms with van der Waals surface area (Å²) in [6, 6.07) is 10.9. The molecule has 0 aliphatic heterocycles. The summed E-state index contributed by atoms with van der Waals surface area (Å²) in [7, 11) is 0. The number of carbonyl (C=O) groups excluding carboxylic acids is 2. The van der Waals surface area contributed by atoms with Crippen LogP contribution in [-0.4, -0.2) is 23.5 Å². The van der Waals surface area contributed by atoms with E-state index in [-0.39, 0.29) is 11.9 Å². The smallest absolute Gasteiger partial charge is 0.338 e. The van der Waals surface area contributed by atoms with E-state index in [2.05, 4.69) is 10.3 Å². The van der Waals surface area contributed by atoms with E-state index in [4.69, 9.17) is 4.74 Å². The largest absolute Gasteiger partial charge is 0.462 e. The predicted octanol–water partition coefficient (Wildman–Crippen LogP) is 5.12. The third-order valence-corrected chi connectivity index (χ3v) is 4.99. The van der Waals surface area contributed by atoms with Crippen LogP contribution in [0.5, 0.6) is 0 Å². The van der Waals surface area contributed by atoms with Crippen LogP contribution in [-0.2, 0) is 4.74 Å². The van der Waals surface area contributed by atoms with E-state index in [9.17, 15) is 9.59 Å². The molecule has 5 nitrogen and oxygen atoms in total. The second kappa shape index (κ2) is 8.31. The fourth-order valence-corrected chi connectivity index (χ4v) is 3.67. The lowest BCUT2D eigenvalue weighted by molar-refractivity contribution is 0.0500. The minimum absolute atomic E-state index is 0.194. The highest BCUT2D eigenvalue weighted by Gasteiger charge is 2.13. The topological polar surface area (TPSA) is 68.3 Å². The predicted molar refractivity (Wildman–Crippen MR) is 109 cm³/mol. The number of carbonyl (C=O) groups is 2. The van der Waals surface area contributed by atoms with E-state index in [0.717, 1.165) is 34.2 Å². The summed E-state index contributed by atoms with van der Waals surface area (Å²) in [4.78, 5) is 29.0. The van der Waals surface area contributed by atoms with Crippen molar-refractivity contribution in [1.82, 2.24) is 4.98 Å². The standard InChI is InChI=1S/C21H22N2O3S/c1-4-5-8-26-20(25)15-6-7-17-18(12-15)27-21(22-17)23-19(24)16-10-13(2)9-14(3)11-16/h6-7,9-12H,4-5,8H2,1-3H3,(H,22,23,24). The normalized spacial score (nSPS) is 10.8. The molecule has 0 saturated heterocycles. The van der Waals surface area contributed by atoms with Gasteiger partial charge in [0, 0.05) is 5.56 Å². The molecule has 6 heteroatoms. The number of hydrogen-bond acceptors (Lipinski definition) is 5. The van der Waals surface area contributed by atoms with Crippen molar-refractivity contribution in [3.05, 3.63) is 58.7 Å². The zero-order valence-corrected chi connectivity index (χ0v) is 16.5. The second-order valence-corrected chi connectivity index (χ2v) is 7.55. The Kier molecular flexibility index (Phi) is 5.86. The van der Waals surface area contributed by atoms with Gasteiger partial charge in [-0.3, -0.25) is 10.1 Å². The maximum Gasteiger partial charge on any atom is 0.338 e. The third-order valence-electron chi connectivity index (χ3n) is 4.06. The van der Waals surface area contributed by atoms with Crippen molar-refractivity contribution in [3.63, 3.8) is 0 Å². The van der Waals surface area contributed by atoms with Crippen molar-refractivity contribution in [2.45, 2.75) is 33.6 Å². The SMILES string of the molecule is CCCCOC(=O)c1ccc2nc(NC(=O)c3cc(C)cc(C)c3)sc2c1. The van der Waals surface area contributed by atoms with Gasteiger partial charge in [-0.25, -0.2) is 9.78 Å². The molecule has 0 unspecified atom stereocenters. The Balaban J connectivity index is 1.76. The fourth-order valence-electron chi connectivity index (χ4n) is 2.77. The summed E-state index contributed by atoms with van der Waals surface area (Å²) in [6.45, 7) is 6.39. The Bertz CT molecular complexity index is 974. The molecule has 0 spiro atoms. The van der Waals surface area contributed by atoms with Crippen LogP contribution in [0.25, 0.3) is 10.2 Å². The van der Waals surface area contributed by atoms with Crippen molar-refractivity contribution in [1.29, 1.82) is 0 Å². The number of aryl methyl sites for hydroxylation is 2. The quantitative estimate of drug-likeness (QED) is 0.474. The summed E-state index contributed by atoms with van der Waals surface area (Å²) in [6.07, 6.45) is 1.83. The number of rotatable bonds is 6. The van der Waals surface area contributed by atoms with Gasteiger partial charge in [0.1, 0.15) is 0 Å². The summed E-state index contributed by atoms with van der Waals surface area (Å²) in [5.41, 5.74) is 3.91. The van der Waals surface area contributed by atoms with Crippen molar-refractivity contribution < 1.29 is 14.3 Å². The third kappa shape index (κ3) is 4.71. The molecule has 3 rings (SSSR count). The Morgan fingerprint density at radius 3 is 2.52 bits per heavy atom. The molecule has 1 amide bonds. The molecular formula is C21H22N2O3S. The molecule has 3 aromatic rings. The number of thiazole rings is 1. The van der Waals surface area contributed by atoms with Crippen molar-refractivity contribution >= 4 is 38.6 Å². The number of unbranched alkanes of at least 4 members (excludes halogenated alkanes) is 1. The molecule has 0 fully saturated rings. The van der Waals surface area contributed by atoms with Crippen LogP contribution in [0.2, 0.25) is 0 Å². The first-order chi connectivity index (χ1) is 13.0. The van der Waals surface area contributed by atoms with Crippen LogP contribution in [0.4, 0.5) is 5.13 Å². The lowest BCUT2D eigenvalue weighted by atomic mass is 10.1. The first-order valence-corrected chi connectivity index (χ1v) is 9.75. The van der Waals surface area contributed by atoms with Crippen molar-refractivity contribution in [2.24, 2.45) is 0 Å². The Morgan fingerprint density at radius 1 is 1.07 bits per heavy atom. The molecule has 2 aromatic carbocycles. The molecule has 0 bridgehead atoms. The van der Waals surface area contributed by atoms with Crippen LogP contribution in [0.15, 0.2) is 36.4 Å². The minimum atomic E-state index is -0.334. The highest BCUT2D eigenvalue weighted by atomic mass is 32.1. The molecule has 0 aliphatic carbocycles. The van der Waals surface area contributed by atoms with Crippen LogP contribution in [0.1, 0.15) is 51.6 Å². The molecule has 0 aliphatic rings. The molecule has 1 heterocycles. The van der Waals surface area contributed by atoms with E-state index in [0.29, 0.717) is 22.9 Å². The molecule has 1 N–H and O–H groups in total. The molecular weight excluding hydrogens is 360 g/mol. The number of fused-ring (bicyclic) bond motifs is 1. The average molecular weight is 382 g/mol. The average Bonchev–Trinajstić information content (AvgIpc) is 3.02. The maximum absolute atomic E-state index is 12.5. The number of aromatic nitrogens is 1. The van der Waals surface area contributed by atoms with Gasteiger partial charge in [-0.1, -0.05) is 41.9 Å². The van der Waals surface area contributed by atoms with E-state index in [1.165, 1.54) is 11.3 Å². The number of ether oxygens (including phenoxy) is 1. The molecule has 27 heavy (non-hydrogen) atoms. The first-order valence-electron chi connectivity index (χ1n) is 8.93. The maximum atomic E-state index is 12.5. The van der Waals surface area contributed by atoms with E-state index < -0.39 is 0 Å². The van der Waals surface area contributed by atoms with E-state index >= 15 is 0 Å². The van der Waals surface area contributed by atoms with Gasteiger partial charge >= 0.3 is 5.97 Å². The monoisotopic (exact) mass is 382 g/mol. The molecule has 1 aromatic heterocycles. The van der Waals surface area contributed by atoms with Crippen LogP contribution < -0.4 is 5.32 Å². The lowest BCUT2D eigenvalue weighted by Crippen LogP contribution is -2.12. The number of benzene rings is 2. The molecule has 0 saturated carbocycles. The highest BCUT2D eigenvalue weighted by Crippen LogP contribution is 2.27. The molecule has 140 valence electrons. The number of nitrogens with one attached hydrogen (secondary N) is 1. The summed E-state index contributed by atoms with van der Waals surface area (Å²) >= 11 is 1.34. The van der Waals surface area contributed by atoms with Gasteiger partial charge in [0.2, 0.25) is 0 Å². The number of esters is 1. The summed E-state index contributed by atoms with van der Waals surface area (Å²) < 4.78 is 6.07. The zero-order valence-electron chi connectivity index (χ0n) is 15.7. The highest BCUT2D eigenvalue weighted by molar-refractivity contribution is 7.22. The van der Waals surface area contributed by atoms with Gasteiger partial charge in [0.25, 0.3) is 5.91 Å². The van der Waals surface area contributed by atoms with Gasteiger partial charge in [0.15, 0.2) is 5.13 Å². The molecule has 0 atom stereocenters.